The third-order valence-electron chi connectivity index (χ3n) is 2.62. The Morgan fingerprint density at radius 2 is 2.20 bits per heavy atom. The van der Waals surface area contributed by atoms with Gasteiger partial charge in [0.15, 0.2) is 0 Å². The van der Waals surface area contributed by atoms with Crippen molar-refractivity contribution in [1.29, 1.82) is 0 Å². The van der Waals surface area contributed by atoms with Crippen molar-refractivity contribution in [3.63, 3.8) is 0 Å². The van der Waals surface area contributed by atoms with Crippen LogP contribution in [-0.4, -0.2) is 25.3 Å². The number of fused-ring (bicyclic) bond motifs is 1. The van der Waals surface area contributed by atoms with Crippen molar-refractivity contribution in [3.05, 3.63) is 35.2 Å². The number of thiophene rings is 1. The summed E-state index contributed by atoms with van der Waals surface area (Å²) >= 11 is 1.74. The molecule has 0 saturated heterocycles. The summed E-state index contributed by atoms with van der Waals surface area (Å²) in [5.41, 5.74) is 1.26. The highest BCUT2D eigenvalue weighted by Crippen LogP contribution is 2.30. The van der Waals surface area contributed by atoms with Crippen molar-refractivity contribution < 1.29 is 5.11 Å². The van der Waals surface area contributed by atoms with Crippen LogP contribution in [0.2, 0.25) is 0 Å². The van der Waals surface area contributed by atoms with Crippen LogP contribution in [0.3, 0.4) is 0 Å². The summed E-state index contributed by atoms with van der Waals surface area (Å²) in [6.45, 7) is 1.01. The lowest BCUT2D eigenvalue weighted by Gasteiger charge is -2.12. The smallest absolute Gasteiger partial charge is 0.0512 e. The molecule has 1 heterocycles. The monoisotopic (exact) mass is 221 g/mol. The van der Waals surface area contributed by atoms with Gasteiger partial charge in [-0.15, -0.1) is 11.3 Å². The lowest BCUT2D eigenvalue weighted by atomic mass is 9.99. The molecule has 1 aromatic heterocycles. The predicted octanol–water partition coefficient (Wildman–Crippen LogP) is 2.20. The van der Waals surface area contributed by atoms with Gasteiger partial charge < -0.3 is 10.4 Å². The summed E-state index contributed by atoms with van der Waals surface area (Å²) in [4.78, 5) is 0. The maximum Gasteiger partial charge on any atom is 0.0512 e. The van der Waals surface area contributed by atoms with Crippen molar-refractivity contribution in [2.24, 2.45) is 0 Å². The van der Waals surface area contributed by atoms with Crippen LogP contribution in [0.15, 0.2) is 29.6 Å². The van der Waals surface area contributed by atoms with Crippen LogP contribution >= 0.6 is 11.3 Å². The fraction of sp³-hybridized carbons (Fsp3) is 0.333. The van der Waals surface area contributed by atoms with E-state index in [1.807, 2.05) is 13.1 Å². The quantitative estimate of drug-likeness (QED) is 0.829. The van der Waals surface area contributed by atoms with Crippen molar-refractivity contribution in [1.82, 2.24) is 5.32 Å². The van der Waals surface area contributed by atoms with Gasteiger partial charge in [0, 0.05) is 17.2 Å². The number of nitrogens with one attached hydrogen (secondary N) is 1. The van der Waals surface area contributed by atoms with Gasteiger partial charge in [-0.25, -0.2) is 0 Å². The van der Waals surface area contributed by atoms with Crippen molar-refractivity contribution in [2.75, 3.05) is 20.2 Å². The van der Waals surface area contributed by atoms with Gasteiger partial charge in [-0.3, -0.25) is 0 Å². The zero-order chi connectivity index (χ0) is 10.7. The van der Waals surface area contributed by atoms with Crippen LogP contribution in [0.5, 0.6) is 0 Å². The van der Waals surface area contributed by atoms with E-state index in [4.69, 9.17) is 0 Å². The van der Waals surface area contributed by atoms with E-state index in [9.17, 15) is 5.11 Å². The molecule has 2 aromatic rings. The zero-order valence-electron chi connectivity index (χ0n) is 8.73. The van der Waals surface area contributed by atoms with Crippen LogP contribution in [0.4, 0.5) is 0 Å². The van der Waals surface area contributed by atoms with Gasteiger partial charge in [-0.05, 0) is 29.4 Å². The lowest BCUT2D eigenvalue weighted by molar-refractivity contribution is 0.264. The van der Waals surface area contributed by atoms with Gasteiger partial charge in [0.25, 0.3) is 0 Å². The van der Waals surface area contributed by atoms with Gasteiger partial charge in [0.2, 0.25) is 0 Å². The summed E-state index contributed by atoms with van der Waals surface area (Å²) in [6, 6.07) is 8.35. The molecule has 2 rings (SSSR count). The van der Waals surface area contributed by atoms with E-state index in [2.05, 4.69) is 28.9 Å². The van der Waals surface area contributed by atoms with Crippen LogP contribution in [0.1, 0.15) is 11.5 Å². The van der Waals surface area contributed by atoms with E-state index in [1.165, 1.54) is 15.6 Å². The molecule has 0 saturated carbocycles. The number of hydrogen-bond donors (Lipinski definition) is 2. The van der Waals surface area contributed by atoms with E-state index in [-0.39, 0.29) is 12.5 Å². The summed E-state index contributed by atoms with van der Waals surface area (Å²) in [5, 5.41) is 15.9. The molecule has 0 bridgehead atoms. The molecule has 0 fully saturated rings. The molecule has 80 valence electrons. The molecular formula is C12H15NOS. The second-order valence-corrected chi connectivity index (χ2v) is 4.54. The number of likely N-dealkylation sites (N-methyl/N-ethyl adjacent to an activating group) is 1. The highest BCUT2D eigenvalue weighted by molar-refractivity contribution is 7.17. The fourth-order valence-corrected chi connectivity index (χ4v) is 2.88. The zero-order valence-corrected chi connectivity index (χ0v) is 9.55. The third kappa shape index (κ3) is 2.04. The largest absolute Gasteiger partial charge is 0.396 e. The highest BCUT2D eigenvalue weighted by atomic mass is 32.1. The number of hydrogen-bond acceptors (Lipinski definition) is 3. The number of benzene rings is 1. The molecule has 2 N–H and O–H groups in total. The first-order valence-electron chi connectivity index (χ1n) is 5.08. The average Bonchev–Trinajstić information content (AvgIpc) is 2.70. The Morgan fingerprint density at radius 1 is 1.40 bits per heavy atom. The standard InChI is InChI=1S/C12H15NOS/c1-13-6-9(7-14)11-8-15-12-5-3-2-4-10(11)12/h2-5,8-9,13-14H,6-7H2,1H3. The minimum absolute atomic E-state index is 0.196. The predicted molar refractivity (Wildman–Crippen MR) is 65.6 cm³/mol. The normalized spacial score (nSPS) is 13.2. The summed E-state index contributed by atoms with van der Waals surface area (Å²) < 4.78 is 1.29. The second-order valence-electron chi connectivity index (χ2n) is 3.62. The Balaban J connectivity index is 2.41. The van der Waals surface area contributed by atoms with Crippen LogP contribution in [-0.2, 0) is 0 Å². The van der Waals surface area contributed by atoms with Gasteiger partial charge in [-0.1, -0.05) is 18.2 Å². The number of aliphatic hydroxyl groups excluding tert-OH is 1. The molecule has 1 unspecified atom stereocenters. The second kappa shape index (κ2) is 4.75. The molecular weight excluding hydrogens is 206 g/mol. The Kier molecular flexibility index (Phi) is 3.36. The van der Waals surface area contributed by atoms with E-state index < -0.39 is 0 Å². The molecule has 3 heteroatoms. The minimum Gasteiger partial charge on any atom is -0.396 e. The molecule has 1 aromatic carbocycles. The average molecular weight is 221 g/mol. The Morgan fingerprint density at radius 3 is 2.93 bits per heavy atom. The maximum absolute atomic E-state index is 9.35. The first kappa shape index (κ1) is 10.6. The first-order valence-corrected chi connectivity index (χ1v) is 5.96. The maximum atomic E-state index is 9.35. The van der Waals surface area contributed by atoms with Crippen LogP contribution in [0.25, 0.3) is 10.1 Å². The van der Waals surface area contributed by atoms with Gasteiger partial charge in [0.1, 0.15) is 0 Å². The molecule has 0 radical (unpaired) electrons. The van der Waals surface area contributed by atoms with Gasteiger partial charge in [-0.2, -0.15) is 0 Å². The molecule has 0 spiro atoms. The van der Waals surface area contributed by atoms with Crippen molar-refractivity contribution in [2.45, 2.75) is 5.92 Å². The number of aliphatic hydroxyl groups is 1. The van der Waals surface area contributed by atoms with Crippen LogP contribution < -0.4 is 5.32 Å². The highest BCUT2D eigenvalue weighted by Gasteiger charge is 2.13. The fourth-order valence-electron chi connectivity index (χ4n) is 1.83. The lowest BCUT2D eigenvalue weighted by Crippen LogP contribution is -2.19. The van der Waals surface area contributed by atoms with E-state index >= 15 is 0 Å². The Hall–Kier alpha value is -0.900. The third-order valence-corrected chi connectivity index (χ3v) is 3.60. The molecule has 0 aliphatic rings. The van der Waals surface area contributed by atoms with Crippen molar-refractivity contribution >= 4 is 21.4 Å². The first-order chi connectivity index (χ1) is 7.36. The topological polar surface area (TPSA) is 32.3 Å². The number of rotatable bonds is 4. The van der Waals surface area contributed by atoms with Crippen LogP contribution in [0, 0.1) is 0 Å². The molecule has 0 aliphatic carbocycles. The summed E-state index contributed by atoms with van der Waals surface area (Å²) in [5.74, 6) is 0.200. The van der Waals surface area contributed by atoms with E-state index in [0.717, 1.165) is 6.54 Å². The van der Waals surface area contributed by atoms with Gasteiger partial charge in [0.05, 0.1) is 6.61 Å². The van der Waals surface area contributed by atoms with E-state index in [0.29, 0.717) is 0 Å². The molecule has 0 aliphatic heterocycles. The Labute approximate surface area is 93.6 Å². The minimum atomic E-state index is 0.196. The molecule has 0 amide bonds. The van der Waals surface area contributed by atoms with E-state index in [1.54, 1.807) is 11.3 Å². The Bertz CT molecular complexity index is 438. The molecule has 1 atom stereocenters. The van der Waals surface area contributed by atoms with Gasteiger partial charge >= 0.3 is 0 Å². The molecule has 2 nitrogen and oxygen atoms in total. The summed E-state index contributed by atoms with van der Waals surface area (Å²) in [6.07, 6.45) is 0. The SMILES string of the molecule is CNCC(CO)c1csc2ccccc12. The molecule has 15 heavy (non-hydrogen) atoms. The summed E-state index contributed by atoms with van der Waals surface area (Å²) in [7, 11) is 1.91. The van der Waals surface area contributed by atoms with Crippen molar-refractivity contribution in [3.8, 4) is 0 Å².